The minimum Gasteiger partial charge on any atom is -0.497 e. The molecule has 1 fully saturated rings. The number of likely N-dealkylation sites (tertiary alicyclic amines) is 1. The minimum absolute atomic E-state index is 0.123. The fourth-order valence-electron chi connectivity index (χ4n) is 4.47. The lowest BCUT2D eigenvalue weighted by molar-refractivity contribution is -0.129. The smallest absolute Gasteiger partial charge is 0.232 e. The summed E-state index contributed by atoms with van der Waals surface area (Å²) in [6, 6.07) is 7.56. The first-order valence-corrected chi connectivity index (χ1v) is 12.8. The molecule has 3 aromatic rings. The van der Waals surface area contributed by atoms with Crippen LogP contribution in [-0.4, -0.2) is 56.8 Å². The number of fused-ring (bicyclic) bond motifs is 2. The number of benzene rings is 1. The molecular formula is C26H28N4O4S. The predicted octanol–water partition coefficient (Wildman–Crippen LogP) is 4.15. The van der Waals surface area contributed by atoms with Crippen molar-refractivity contribution in [2.45, 2.75) is 44.2 Å². The highest BCUT2D eigenvalue weighted by atomic mass is 32.2. The molecule has 0 aliphatic carbocycles. The van der Waals surface area contributed by atoms with Crippen LogP contribution in [0.1, 0.15) is 41.6 Å². The third kappa shape index (κ3) is 4.83. The molecular weight excluding hydrogens is 464 g/mol. The Morgan fingerprint density at radius 3 is 2.80 bits per heavy atom. The van der Waals surface area contributed by atoms with E-state index in [4.69, 9.17) is 19.4 Å². The lowest BCUT2D eigenvalue weighted by atomic mass is 9.99. The first-order valence-electron chi connectivity index (χ1n) is 11.8. The van der Waals surface area contributed by atoms with Gasteiger partial charge in [-0.05, 0) is 38.3 Å². The molecule has 2 aromatic heterocycles. The molecule has 5 rings (SSSR count). The van der Waals surface area contributed by atoms with Crippen LogP contribution in [0.5, 0.6) is 17.4 Å². The van der Waals surface area contributed by atoms with Gasteiger partial charge in [-0.2, -0.15) is 4.98 Å². The summed E-state index contributed by atoms with van der Waals surface area (Å²) >= 11 is 1.42. The number of ether oxygens (including phenoxy) is 2. The van der Waals surface area contributed by atoms with Gasteiger partial charge in [0.25, 0.3) is 0 Å². The van der Waals surface area contributed by atoms with E-state index in [9.17, 15) is 9.90 Å². The molecule has 4 heterocycles. The maximum Gasteiger partial charge on any atom is 0.232 e. The molecule has 1 saturated heterocycles. The van der Waals surface area contributed by atoms with E-state index in [1.807, 2.05) is 36.1 Å². The molecule has 0 unspecified atom stereocenters. The number of hydrogen-bond donors (Lipinski definition) is 1. The Kier molecular flexibility index (Phi) is 6.88. The van der Waals surface area contributed by atoms with Crippen LogP contribution in [0.3, 0.4) is 0 Å². The van der Waals surface area contributed by atoms with Gasteiger partial charge in [0, 0.05) is 42.4 Å². The summed E-state index contributed by atoms with van der Waals surface area (Å²) in [5.41, 5.74) is 3.95. The number of piperidine rings is 1. The van der Waals surface area contributed by atoms with Crippen molar-refractivity contribution in [3.63, 3.8) is 0 Å². The van der Waals surface area contributed by atoms with Gasteiger partial charge in [0.2, 0.25) is 11.8 Å². The molecule has 2 aliphatic rings. The monoisotopic (exact) mass is 492 g/mol. The number of nitrogens with zero attached hydrogens (tertiary/aromatic N) is 4. The SMILES string of the molecule is COc1cccc(-c2nc3c(c(SCC(=O)N4CCCCC4)n2)Cc2c(CO)cnc(C)c2O3)c1. The third-order valence-electron chi connectivity index (χ3n) is 6.43. The summed E-state index contributed by atoms with van der Waals surface area (Å²) < 4.78 is 11.6. The Hall–Kier alpha value is -3.17. The van der Waals surface area contributed by atoms with Crippen LogP contribution in [-0.2, 0) is 17.8 Å². The van der Waals surface area contributed by atoms with E-state index < -0.39 is 0 Å². The Balaban J connectivity index is 1.53. The van der Waals surface area contributed by atoms with Gasteiger partial charge in [-0.25, -0.2) is 4.98 Å². The third-order valence-corrected chi connectivity index (χ3v) is 7.43. The maximum atomic E-state index is 12.9. The van der Waals surface area contributed by atoms with Gasteiger partial charge in [0.15, 0.2) is 11.6 Å². The number of thioether (sulfide) groups is 1. The first kappa shape index (κ1) is 23.6. The zero-order valence-corrected chi connectivity index (χ0v) is 20.7. The average Bonchev–Trinajstić information content (AvgIpc) is 2.91. The van der Waals surface area contributed by atoms with Crippen LogP contribution in [0.4, 0.5) is 0 Å². The van der Waals surface area contributed by atoms with E-state index in [1.165, 1.54) is 18.2 Å². The van der Waals surface area contributed by atoms with Crippen molar-refractivity contribution in [2.75, 3.05) is 26.0 Å². The van der Waals surface area contributed by atoms with Gasteiger partial charge >= 0.3 is 0 Å². The van der Waals surface area contributed by atoms with Crippen molar-refractivity contribution < 1.29 is 19.4 Å². The fourth-order valence-corrected chi connectivity index (χ4v) is 5.40. The Labute approximate surface area is 208 Å². The number of carbonyl (C=O) groups excluding carboxylic acids is 1. The molecule has 0 saturated carbocycles. The van der Waals surface area contributed by atoms with Crippen LogP contribution in [0, 0.1) is 6.92 Å². The number of carbonyl (C=O) groups is 1. The first-order chi connectivity index (χ1) is 17.1. The molecule has 0 radical (unpaired) electrons. The summed E-state index contributed by atoms with van der Waals surface area (Å²) in [7, 11) is 1.62. The van der Waals surface area contributed by atoms with Crippen molar-refractivity contribution in [1.29, 1.82) is 0 Å². The lowest BCUT2D eigenvalue weighted by Crippen LogP contribution is -2.36. The standard InChI is InChI=1S/C26H28N4O4S/c1-16-23-20(18(14-31)13-27-16)12-21-25(34-23)28-24(17-7-6-8-19(11-17)33-2)29-26(21)35-15-22(32)30-9-4-3-5-10-30/h6-8,11,13,31H,3-5,9-10,12,14-15H2,1-2H3. The second kappa shape index (κ2) is 10.2. The topological polar surface area (TPSA) is 97.7 Å². The van der Waals surface area contributed by atoms with Gasteiger partial charge in [-0.15, -0.1) is 0 Å². The zero-order chi connectivity index (χ0) is 24.4. The fraction of sp³-hybridized carbons (Fsp3) is 0.385. The van der Waals surface area contributed by atoms with Crippen LogP contribution in [0.15, 0.2) is 35.5 Å². The van der Waals surface area contributed by atoms with Gasteiger partial charge in [0.05, 0.1) is 30.7 Å². The summed E-state index contributed by atoms with van der Waals surface area (Å²) in [6.45, 7) is 3.38. The zero-order valence-electron chi connectivity index (χ0n) is 19.9. The molecule has 0 bridgehead atoms. The second-order valence-corrected chi connectivity index (χ2v) is 9.68. The highest BCUT2D eigenvalue weighted by Crippen LogP contribution is 2.42. The Morgan fingerprint density at radius 1 is 1.20 bits per heavy atom. The number of aromatic nitrogens is 3. The normalized spacial score (nSPS) is 14.7. The molecule has 1 amide bonds. The summed E-state index contributed by atoms with van der Waals surface area (Å²) in [5, 5.41) is 10.6. The number of pyridine rings is 1. The molecule has 9 heteroatoms. The van der Waals surface area contributed by atoms with Gasteiger partial charge in [-0.3, -0.25) is 9.78 Å². The van der Waals surface area contributed by atoms with Crippen molar-refractivity contribution >= 4 is 17.7 Å². The van der Waals surface area contributed by atoms with Crippen molar-refractivity contribution in [2.24, 2.45) is 0 Å². The Morgan fingerprint density at radius 2 is 2.03 bits per heavy atom. The highest BCUT2D eigenvalue weighted by Gasteiger charge is 2.28. The molecule has 0 spiro atoms. The number of rotatable bonds is 6. The molecule has 1 N–H and O–H groups in total. The van der Waals surface area contributed by atoms with E-state index in [1.54, 1.807) is 13.3 Å². The minimum atomic E-state index is -0.132. The number of amides is 1. The highest BCUT2D eigenvalue weighted by molar-refractivity contribution is 7.99. The van der Waals surface area contributed by atoms with E-state index in [-0.39, 0.29) is 12.5 Å². The number of methoxy groups -OCH3 is 1. The summed E-state index contributed by atoms with van der Waals surface area (Å²) in [6.07, 6.45) is 5.48. The molecule has 35 heavy (non-hydrogen) atoms. The van der Waals surface area contributed by atoms with Crippen molar-refractivity contribution in [1.82, 2.24) is 19.9 Å². The van der Waals surface area contributed by atoms with Gasteiger partial charge in [-0.1, -0.05) is 23.9 Å². The second-order valence-electron chi connectivity index (χ2n) is 8.71. The number of hydrogen-bond acceptors (Lipinski definition) is 8. The summed E-state index contributed by atoms with van der Waals surface area (Å²) in [4.78, 5) is 28.8. The van der Waals surface area contributed by atoms with Crippen LogP contribution in [0.25, 0.3) is 11.4 Å². The summed E-state index contributed by atoms with van der Waals surface area (Å²) in [5.74, 6) is 2.71. The molecule has 0 atom stereocenters. The van der Waals surface area contributed by atoms with Gasteiger partial charge < -0.3 is 19.5 Å². The maximum absolute atomic E-state index is 12.9. The number of aryl methyl sites for hydroxylation is 1. The van der Waals surface area contributed by atoms with E-state index in [0.29, 0.717) is 46.0 Å². The van der Waals surface area contributed by atoms with Crippen molar-refractivity contribution in [3.8, 4) is 28.8 Å². The lowest BCUT2D eigenvalue weighted by Gasteiger charge is -2.27. The quantitative estimate of drug-likeness (QED) is 0.317. The van der Waals surface area contributed by atoms with Crippen LogP contribution >= 0.6 is 11.8 Å². The largest absolute Gasteiger partial charge is 0.497 e. The Bertz CT molecular complexity index is 1260. The van der Waals surface area contributed by atoms with E-state index in [0.717, 1.165) is 48.3 Å². The number of aliphatic hydroxyl groups excluding tert-OH is 1. The van der Waals surface area contributed by atoms with Crippen LogP contribution < -0.4 is 9.47 Å². The molecule has 2 aliphatic heterocycles. The average molecular weight is 493 g/mol. The van der Waals surface area contributed by atoms with Gasteiger partial charge in [0.1, 0.15) is 10.8 Å². The molecule has 1 aromatic carbocycles. The molecule has 182 valence electrons. The predicted molar refractivity (Wildman–Crippen MR) is 133 cm³/mol. The van der Waals surface area contributed by atoms with Crippen molar-refractivity contribution in [3.05, 3.63) is 52.8 Å². The van der Waals surface area contributed by atoms with E-state index in [2.05, 4.69) is 4.98 Å². The van der Waals surface area contributed by atoms with E-state index >= 15 is 0 Å². The molecule has 8 nitrogen and oxygen atoms in total. The van der Waals surface area contributed by atoms with Crippen LogP contribution in [0.2, 0.25) is 0 Å². The number of aliphatic hydroxyl groups is 1.